The molecule has 1 radical (unpaired) electrons. The quantitative estimate of drug-likeness (QED) is 0.527. The molecule has 0 fully saturated rings. The summed E-state index contributed by atoms with van der Waals surface area (Å²) >= 11 is 0. The van der Waals surface area contributed by atoms with E-state index in [-0.39, 0.29) is 0 Å². The molecule has 0 atom stereocenters. The van der Waals surface area contributed by atoms with Gasteiger partial charge in [-0.2, -0.15) is 0 Å². The smallest absolute Gasteiger partial charge is 0.167 e. The van der Waals surface area contributed by atoms with Gasteiger partial charge in [-0.05, 0) is 0 Å². The molecular formula is C6H11N2O. The highest BCUT2D eigenvalue weighted by atomic mass is 16.5. The molecule has 0 bridgehead atoms. The van der Waals surface area contributed by atoms with E-state index in [1.165, 1.54) is 0 Å². The topological polar surface area (TPSA) is 24.8 Å². The molecular weight excluding hydrogens is 116 g/mol. The molecule has 1 aliphatic rings. The summed E-state index contributed by atoms with van der Waals surface area (Å²) in [4.78, 5) is 5.97. The maximum atomic E-state index is 4.88. The molecule has 0 N–H and O–H groups in total. The van der Waals surface area contributed by atoms with E-state index in [1.54, 1.807) is 7.11 Å². The molecule has 0 aliphatic carbocycles. The molecule has 1 heterocycles. The average Bonchev–Trinajstić information content (AvgIpc) is 2.34. The molecule has 0 unspecified atom stereocenters. The predicted molar refractivity (Wildman–Crippen MR) is 35.8 cm³/mol. The summed E-state index contributed by atoms with van der Waals surface area (Å²) in [7, 11) is 1.70. The summed E-state index contributed by atoms with van der Waals surface area (Å²) in [6.07, 6.45) is 2.87. The van der Waals surface area contributed by atoms with Gasteiger partial charge in [0.2, 0.25) is 0 Å². The first-order valence-corrected chi connectivity index (χ1v) is 3.09. The van der Waals surface area contributed by atoms with Crippen LogP contribution in [0, 0.1) is 0 Å². The minimum atomic E-state index is 0.766. The number of nitrogens with zero attached hydrogens (tertiary/aromatic N) is 2. The number of methoxy groups -OCH3 is 1. The third-order valence-corrected chi connectivity index (χ3v) is 1.26. The van der Waals surface area contributed by atoms with E-state index in [1.807, 2.05) is 4.90 Å². The Hall–Kier alpha value is -0.570. The zero-order valence-electron chi connectivity index (χ0n) is 5.63. The van der Waals surface area contributed by atoms with Crippen molar-refractivity contribution in [2.75, 3.05) is 33.4 Å². The van der Waals surface area contributed by atoms with Gasteiger partial charge in [-0.1, -0.05) is 0 Å². The lowest BCUT2D eigenvalue weighted by Crippen LogP contribution is -2.23. The lowest BCUT2D eigenvalue weighted by atomic mass is 10.5. The van der Waals surface area contributed by atoms with Gasteiger partial charge in [0, 0.05) is 20.2 Å². The van der Waals surface area contributed by atoms with E-state index in [0.29, 0.717) is 0 Å². The van der Waals surface area contributed by atoms with Gasteiger partial charge >= 0.3 is 0 Å². The highest BCUT2D eigenvalue weighted by Gasteiger charge is 2.03. The molecule has 3 nitrogen and oxygen atoms in total. The Kier molecular flexibility index (Phi) is 2.51. The van der Waals surface area contributed by atoms with Crippen LogP contribution in [0.1, 0.15) is 0 Å². The zero-order valence-corrected chi connectivity index (χ0v) is 5.63. The molecule has 0 aromatic carbocycles. The Morgan fingerprint density at radius 3 is 3.22 bits per heavy atom. The van der Waals surface area contributed by atoms with Crippen molar-refractivity contribution in [1.82, 2.24) is 4.90 Å². The number of hydrogen-bond acceptors (Lipinski definition) is 3. The number of aliphatic imine (C=N–C) groups is 1. The molecule has 0 saturated carbocycles. The third kappa shape index (κ3) is 2.01. The second-order valence-electron chi connectivity index (χ2n) is 1.96. The summed E-state index contributed by atoms with van der Waals surface area (Å²) in [5.74, 6) is 0. The van der Waals surface area contributed by atoms with Crippen LogP contribution in [0.4, 0.5) is 0 Å². The highest BCUT2D eigenvalue weighted by molar-refractivity contribution is 5.56. The van der Waals surface area contributed by atoms with Gasteiger partial charge in [-0.25, -0.2) is 0 Å². The van der Waals surface area contributed by atoms with Crippen molar-refractivity contribution in [2.24, 2.45) is 4.99 Å². The Balaban J connectivity index is 2.05. The standard InChI is InChI=1S/C6H11N2O/c1-9-5-4-8-3-2-7-6-8/h2-5H2,1H3. The molecule has 1 rings (SSSR count). The fourth-order valence-electron chi connectivity index (χ4n) is 0.734. The van der Waals surface area contributed by atoms with E-state index in [0.717, 1.165) is 26.2 Å². The number of ether oxygens (including phenoxy) is 1. The minimum absolute atomic E-state index is 0.766. The van der Waals surface area contributed by atoms with Crippen molar-refractivity contribution in [2.45, 2.75) is 0 Å². The van der Waals surface area contributed by atoms with Crippen LogP contribution in [0.3, 0.4) is 0 Å². The van der Waals surface area contributed by atoms with Crippen LogP contribution in [-0.2, 0) is 4.74 Å². The van der Waals surface area contributed by atoms with Crippen LogP contribution in [0.25, 0.3) is 0 Å². The first-order chi connectivity index (χ1) is 4.43. The third-order valence-electron chi connectivity index (χ3n) is 1.26. The Labute approximate surface area is 55.3 Å². The molecule has 0 aromatic rings. The van der Waals surface area contributed by atoms with E-state index in [9.17, 15) is 0 Å². The van der Waals surface area contributed by atoms with E-state index < -0.39 is 0 Å². The minimum Gasteiger partial charge on any atom is -0.383 e. The van der Waals surface area contributed by atoms with Gasteiger partial charge in [0.25, 0.3) is 0 Å². The van der Waals surface area contributed by atoms with Crippen LogP contribution < -0.4 is 0 Å². The van der Waals surface area contributed by atoms with Gasteiger partial charge in [0.15, 0.2) is 6.34 Å². The number of hydrogen-bond donors (Lipinski definition) is 0. The van der Waals surface area contributed by atoms with E-state index >= 15 is 0 Å². The van der Waals surface area contributed by atoms with Crippen molar-refractivity contribution in [3.63, 3.8) is 0 Å². The van der Waals surface area contributed by atoms with Crippen LogP contribution in [0.2, 0.25) is 0 Å². The largest absolute Gasteiger partial charge is 0.383 e. The Morgan fingerprint density at radius 1 is 1.78 bits per heavy atom. The van der Waals surface area contributed by atoms with Crippen molar-refractivity contribution in [1.29, 1.82) is 0 Å². The van der Waals surface area contributed by atoms with Crippen LogP contribution in [-0.4, -0.2) is 44.6 Å². The van der Waals surface area contributed by atoms with Gasteiger partial charge in [0.05, 0.1) is 13.2 Å². The molecule has 1 aliphatic heterocycles. The SMILES string of the molecule is COCCN1[C]=NCC1. The van der Waals surface area contributed by atoms with Gasteiger partial charge in [-0.15, -0.1) is 0 Å². The summed E-state index contributed by atoms with van der Waals surface area (Å²) < 4.78 is 4.88. The normalized spacial score (nSPS) is 17.2. The molecule has 51 valence electrons. The fraction of sp³-hybridized carbons (Fsp3) is 0.833. The Morgan fingerprint density at radius 2 is 2.67 bits per heavy atom. The van der Waals surface area contributed by atoms with Crippen molar-refractivity contribution in [3.8, 4) is 0 Å². The summed E-state index contributed by atoms with van der Waals surface area (Å²) in [5, 5.41) is 0. The molecule has 3 heteroatoms. The van der Waals surface area contributed by atoms with Crippen molar-refractivity contribution in [3.05, 3.63) is 0 Å². The molecule has 9 heavy (non-hydrogen) atoms. The summed E-state index contributed by atoms with van der Waals surface area (Å²) in [5.41, 5.74) is 0. The van der Waals surface area contributed by atoms with Gasteiger partial charge < -0.3 is 9.64 Å². The van der Waals surface area contributed by atoms with Crippen LogP contribution in [0.5, 0.6) is 0 Å². The van der Waals surface area contributed by atoms with E-state index in [4.69, 9.17) is 4.74 Å². The number of rotatable bonds is 3. The van der Waals surface area contributed by atoms with Crippen LogP contribution >= 0.6 is 0 Å². The lowest BCUT2D eigenvalue weighted by Gasteiger charge is -2.10. The molecule has 0 amide bonds. The maximum absolute atomic E-state index is 4.88. The van der Waals surface area contributed by atoms with Gasteiger partial charge in [-0.3, -0.25) is 4.99 Å². The van der Waals surface area contributed by atoms with E-state index in [2.05, 4.69) is 11.3 Å². The molecule has 0 aromatic heterocycles. The second-order valence-corrected chi connectivity index (χ2v) is 1.96. The average molecular weight is 127 g/mol. The lowest BCUT2D eigenvalue weighted by molar-refractivity contribution is 0.180. The first-order valence-electron chi connectivity index (χ1n) is 3.09. The second kappa shape index (κ2) is 3.45. The monoisotopic (exact) mass is 127 g/mol. The molecule has 0 saturated heterocycles. The zero-order chi connectivity index (χ0) is 6.53. The van der Waals surface area contributed by atoms with Crippen LogP contribution in [0.15, 0.2) is 4.99 Å². The Bertz CT molecular complexity index is 103. The first kappa shape index (κ1) is 6.55. The van der Waals surface area contributed by atoms with Gasteiger partial charge in [0.1, 0.15) is 0 Å². The highest BCUT2D eigenvalue weighted by Crippen LogP contribution is 1.91. The summed E-state index contributed by atoms with van der Waals surface area (Å²) in [6.45, 7) is 3.58. The summed E-state index contributed by atoms with van der Waals surface area (Å²) in [6, 6.07) is 0. The molecule has 0 spiro atoms. The maximum Gasteiger partial charge on any atom is 0.167 e. The van der Waals surface area contributed by atoms with Crippen molar-refractivity contribution >= 4 is 6.34 Å². The van der Waals surface area contributed by atoms with Crippen molar-refractivity contribution < 1.29 is 4.74 Å². The fourth-order valence-corrected chi connectivity index (χ4v) is 0.734. The predicted octanol–water partition coefficient (Wildman–Crippen LogP) is -0.146.